The summed E-state index contributed by atoms with van der Waals surface area (Å²) in [7, 11) is 0. The van der Waals surface area contributed by atoms with E-state index in [0.29, 0.717) is 5.02 Å². The second kappa shape index (κ2) is 4.96. The Kier molecular flexibility index (Phi) is 3.17. The standard InChI is InChI=1S/C12H14ClN5/c13-10-3-1-2-9(8-10)11-15-12(17-16-11)18-6-4-14-5-7-18/h1-3,8,14H,4-7H2,(H,15,16,17). The van der Waals surface area contributed by atoms with Gasteiger partial charge in [-0.05, 0) is 12.1 Å². The number of benzene rings is 1. The fourth-order valence-electron chi connectivity index (χ4n) is 2.02. The number of anilines is 1. The molecule has 2 aromatic rings. The molecule has 0 aliphatic carbocycles. The number of halogens is 1. The van der Waals surface area contributed by atoms with Gasteiger partial charge in [0.15, 0.2) is 5.82 Å². The van der Waals surface area contributed by atoms with E-state index in [-0.39, 0.29) is 0 Å². The summed E-state index contributed by atoms with van der Waals surface area (Å²) < 4.78 is 0. The van der Waals surface area contributed by atoms with E-state index >= 15 is 0 Å². The predicted octanol–water partition coefficient (Wildman–Crippen LogP) is 1.53. The first-order chi connectivity index (χ1) is 8.83. The summed E-state index contributed by atoms with van der Waals surface area (Å²) in [5.41, 5.74) is 0.955. The normalized spacial score (nSPS) is 15.9. The summed E-state index contributed by atoms with van der Waals surface area (Å²) in [5, 5.41) is 11.2. The summed E-state index contributed by atoms with van der Waals surface area (Å²) in [6.45, 7) is 3.82. The minimum Gasteiger partial charge on any atom is -0.337 e. The topological polar surface area (TPSA) is 56.8 Å². The lowest BCUT2D eigenvalue weighted by Crippen LogP contribution is -2.44. The van der Waals surface area contributed by atoms with Gasteiger partial charge in [-0.2, -0.15) is 4.98 Å². The zero-order chi connectivity index (χ0) is 12.4. The fraction of sp³-hybridized carbons (Fsp3) is 0.333. The quantitative estimate of drug-likeness (QED) is 0.863. The number of hydrogen-bond acceptors (Lipinski definition) is 4. The van der Waals surface area contributed by atoms with Crippen LogP contribution in [0.1, 0.15) is 0 Å². The van der Waals surface area contributed by atoms with Crippen molar-refractivity contribution in [3.8, 4) is 11.4 Å². The smallest absolute Gasteiger partial charge is 0.245 e. The maximum Gasteiger partial charge on any atom is 0.245 e. The van der Waals surface area contributed by atoms with Gasteiger partial charge in [0, 0.05) is 36.8 Å². The van der Waals surface area contributed by atoms with Crippen molar-refractivity contribution in [3.05, 3.63) is 29.3 Å². The molecule has 2 heterocycles. The Morgan fingerprint density at radius 3 is 2.83 bits per heavy atom. The Morgan fingerprint density at radius 1 is 1.22 bits per heavy atom. The molecule has 0 saturated carbocycles. The summed E-state index contributed by atoms with van der Waals surface area (Å²) >= 11 is 5.97. The Balaban J connectivity index is 1.84. The fourth-order valence-corrected chi connectivity index (χ4v) is 2.21. The summed E-state index contributed by atoms with van der Waals surface area (Å²) in [6.07, 6.45) is 0. The maximum absolute atomic E-state index is 5.97. The lowest BCUT2D eigenvalue weighted by molar-refractivity contribution is 0.580. The van der Waals surface area contributed by atoms with E-state index in [1.807, 2.05) is 24.3 Å². The predicted molar refractivity (Wildman–Crippen MR) is 71.9 cm³/mol. The molecule has 6 heteroatoms. The average molecular weight is 264 g/mol. The molecule has 0 spiro atoms. The molecule has 5 nitrogen and oxygen atoms in total. The van der Waals surface area contributed by atoms with Gasteiger partial charge in [-0.15, -0.1) is 5.10 Å². The van der Waals surface area contributed by atoms with E-state index in [1.165, 1.54) is 0 Å². The zero-order valence-corrected chi connectivity index (χ0v) is 10.6. The van der Waals surface area contributed by atoms with Gasteiger partial charge < -0.3 is 10.2 Å². The van der Waals surface area contributed by atoms with Crippen molar-refractivity contribution in [2.45, 2.75) is 0 Å². The van der Waals surface area contributed by atoms with E-state index in [2.05, 4.69) is 25.4 Å². The zero-order valence-electron chi connectivity index (χ0n) is 9.86. The van der Waals surface area contributed by atoms with E-state index in [4.69, 9.17) is 11.6 Å². The van der Waals surface area contributed by atoms with E-state index in [0.717, 1.165) is 43.5 Å². The van der Waals surface area contributed by atoms with Gasteiger partial charge in [0.05, 0.1) is 0 Å². The second-order valence-electron chi connectivity index (χ2n) is 4.23. The van der Waals surface area contributed by atoms with Crippen LogP contribution in [0.15, 0.2) is 24.3 Å². The molecule has 1 aromatic carbocycles. The van der Waals surface area contributed by atoms with Crippen LogP contribution in [0.5, 0.6) is 0 Å². The molecule has 1 aliphatic heterocycles. The molecule has 1 aromatic heterocycles. The van der Waals surface area contributed by atoms with E-state index in [1.54, 1.807) is 0 Å². The minimum absolute atomic E-state index is 0.702. The molecule has 2 N–H and O–H groups in total. The first kappa shape index (κ1) is 11.5. The summed E-state index contributed by atoms with van der Waals surface area (Å²) in [4.78, 5) is 6.69. The maximum atomic E-state index is 5.97. The molecule has 0 amide bonds. The van der Waals surface area contributed by atoms with Gasteiger partial charge >= 0.3 is 0 Å². The Bertz CT molecular complexity index is 533. The third-order valence-corrected chi connectivity index (χ3v) is 3.21. The number of piperazine rings is 1. The third kappa shape index (κ3) is 2.32. The van der Waals surface area contributed by atoms with Gasteiger partial charge in [0.1, 0.15) is 0 Å². The molecule has 1 saturated heterocycles. The Labute approximate surface area is 110 Å². The van der Waals surface area contributed by atoms with Gasteiger partial charge in [-0.3, -0.25) is 5.10 Å². The number of nitrogens with one attached hydrogen (secondary N) is 2. The highest BCUT2D eigenvalue weighted by Gasteiger charge is 2.15. The first-order valence-electron chi connectivity index (χ1n) is 5.97. The molecule has 94 valence electrons. The van der Waals surface area contributed by atoms with Crippen LogP contribution in [-0.4, -0.2) is 41.4 Å². The monoisotopic (exact) mass is 263 g/mol. The van der Waals surface area contributed by atoms with E-state index < -0.39 is 0 Å². The van der Waals surface area contributed by atoms with Crippen LogP contribution in [0, 0.1) is 0 Å². The highest BCUT2D eigenvalue weighted by molar-refractivity contribution is 6.30. The van der Waals surface area contributed by atoms with Crippen molar-refractivity contribution in [1.29, 1.82) is 0 Å². The van der Waals surface area contributed by atoms with Crippen molar-refractivity contribution in [2.75, 3.05) is 31.1 Å². The number of aromatic nitrogens is 3. The Morgan fingerprint density at radius 2 is 2.06 bits per heavy atom. The van der Waals surface area contributed by atoms with Crippen LogP contribution in [-0.2, 0) is 0 Å². The minimum atomic E-state index is 0.702. The molecule has 3 rings (SSSR count). The highest BCUT2D eigenvalue weighted by atomic mass is 35.5. The number of rotatable bonds is 2. The van der Waals surface area contributed by atoms with Gasteiger partial charge in [-0.1, -0.05) is 23.7 Å². The van der Waals surface area contributed by atoms with Gasteiger partial charge in [0.25, 0.3) is 0 Å². The van der Waals surface area contributed by atoms with Crippen LogP contribution in [0.3, 0.4) is 0 Å². The van der Waals surface area contributed by atoms with Crippen molar-refractivity contribution < 1.29 is 0 Å². The van der Waals surface area contributed by atoms with E-state index in [9.17, 15) is 0 Å². The summed E-state index contributed by atoms with van der Waals surface area (Å²) in [6, 6.07) is 7.60. The molecule has 0 radical (unpaired) electrons. The lowest BCUT2D eigenvalue weighted by atomic mass is 10.2. The van der Waals surface area contributed by atoms with Gasteiger partial charge in [-0.25, -0.2) is 0 Å². The van der Waals surface area contributed by atoms with Crippen molar-refractivity contribution >= 4 is 17.5 Å². The van der Waals surface area contributed by atoms with Crippen molar-refractivity contribution in [2.24, 2.45) is 0 Å². The molecular formula is C12H14ClN5. The SMILES string of the molecule is Clc1cccc(-c2nc(N3CCNCC3)n[nH]2)c1. The molecule has 18 heavy (non-hydrogen) atoms. The first-order valence-corrected chi connectivity index (χ1v) is 6.35. The average Bonchev–Trinajstić information content (AvgIpc) is 2.89. The summed E-state index contributed by atoms with van der Waals surface area (Å²) in [5.74, 6) is 1.51. The third-order valence-electron chi connectivity index (χ3n) is 2.97. The van der Waals surface area contributed by atoms with Gasteiger partial charge in [0.2, 0.25) is 5.95 Å². The largest absolute Gasteiger partial charge is 0.337 e. The number of H-pyrrole nitrogens is 1. The number of aromatic amines is 1. The molecule has 0 unspecified atom stereocenters. The van der Waals surface area contributed by atoms with Crippen LogP contribution in [0.4, 0.5) is 5.95 Å². The van der Waals surface area contributed by atoms with Crippen LogP contribution >= 0.6 is 11.6 Å². The molecule has 1 aliphatic rings. The van der Waals surface area contributed by atoms with Crippen LogP contribution < -0.4 is 10.2 Å². The lowest BCUT2D eigenvalue weighted by Gasteiger charge is -2.25. The number of nitrogens with zero attached hydrogens (tertiary/aromatic N) is 3. The molecular weight excluding hydrogens is 250 g/mol. The molecule has 1 fully saturated rings. The van der Waals surface area contributed by atoms with Crippen LogP contribution in [0.25, 0.3) is 11.4 Å². The second-order valence-corrected chi connectivity index (χ2v) is 4.67. The highest BCUT2D eigenvalue weighted by Crippen LogP contribution is 2.21. The molecule has 0 bridgehead atoms. The molecule has 0 atom stereocenters. The van der Waals surface area contributed by atoms with Crippen molar-refractivity contribution in [3.63, 3.8) is 0 Å². The van der Waals surface area contributed by atoms with Crippen LogP contribution in [0.2, 0.25) is 5.02 Å². The Hall–Kier alpha value is -1.59. The van der Waals surface area contributed by atoms with Crippen molar-refractivity contribution in [1.82, 2.24) is 20.5 Å². The number of hydrogen-bond donors (Lipinski definition) is 2.